The lowest BCUT2D eigenvalue weighted by atomic mass is 10.0. The highest BCUT2D eigenvalue weighted by molar-refractivity contribution is 6.29. The Morgan fingerprint density at radius 1 is 1.28 bits per heavy atom. The van der Waals surface area contributed by atoms with Crippen LogP contribution >= 0.6 is 11.6 Å². The number of carbonyl (C=O) groups excluding carboxylic acids is 1. The molecule has 2 aromatic rings. The van der Waals surface area contributed by atoms with Crippen molar-refractivity contribution < 1.29 is 22.4 Å². The van der Waals surface area contributed by atoms with Gasteiger partial charge in [0.25, 0.3) is 0 Å². The first kappa shape index (κ1) is 12.6. The SMILES string of the molecule is O=C(c1ccc(Cl)o1)c1cnccc1C(F)(F)F. The smallest absolute Gasteiger partial charge is 0.417 e. The Morgan fingerprint density at radius 3 is 2.56 bits per heavy atom. The average molecular weight is 276 g/mol. The van der Waals surface area contributed by atoms with Gasteiger partial charge in [0, 0.05) is 12.4 Å². The van der Waals surface area contributed by atoms with Crippen LogP contribution in [0.2, 0.25) is 5.22 Å². The summed E-state index contributed by atoms with van der Waals surface area (Å²) in [5, 5.41) is -0.0733. The molecule has 0 aromatic carbocycles. The lowest BCUT2D eigenvalue weighted by Crippen LogP contribution is -2.13. The Morgan fingerprint density at radius 2 is 2.00 bits per heavy atom. The molecule has 3 nitrogen and oxygen atoms in total. The Bertz CT molecular complexity index is 592. The number of alkyl halides is 3. The molecule has 0 radical (unpaired) electrons. The fourth-order valence-electron chi connectivity index (χ4n) is 1.39. The van der Waals surface area contributed by atoms with Crippen molar-refractivity contribution in [3.05, 3.63) is 52.7 Å². The molecule has 0 aliphatic rings. The minimum atomic E-state index is -4.63. The predicted octanol–water partition coefficient (Wildman–Crippen LogP) is 3.58. The zero-order valence-electron chi connectivity index (χ0n) is 8.66. The Kier molecular flexibility index (Phi) is 3.13. The molecule has 2 aromatic heterocycles. The summed E-state index contributed by atoms with van der Waals surface area (Å²) in [6.45, 7) is 0. The second-order valence-electron chi connectivity index (χ2n) is 3.35. The molecule has 0 aliphatic carbocycles. The number of nitrogens with zero attached hydrogens (tertiary/aromatic N) is 1. The van der Waals surface area contributed by atoms with Crippen molar-refractivity contribution in [2.45, 2.75) is 6.18 Å². The number of aromatic nitrogens is 1. The van der Waals surface area contributed by atoms with Gasteiger partial charge in [-0.3, -0.25) is 9.78 Å². The highest BCUT2D eigenvalue weighted by atomic mass is 35.5. The zero-order chi connectivity index (χ0) is 13.3. The molecule has 18 heavy (non-hydrogen) atoms. The van der Waals surface area contributed by atoms with Crippen molar-refractivity contribution in [2.24, 2.45) is 0 Å². The molecule has 0 atom stereocenters. The van der Waals surface area contributed by atoms with E-state index in [-0.39, 0.29) is 11.0 Å². The normalized spacial score (nSPS) is 11.6. The van der Waals surface area contributed by atoms with E-state index in [2.05, 4.69) is 4.98 Å². The van der Waals surface area contributed by atoms with Crippen LogP contribution < -0.4 is 0 Å². The van der Waals surface area contributed by atoms with E-state index < -0.39 is 23.1 Å². The maximum atomic E-state index is 12.7. The molecule has 0 bridgehead atoms. The minimum Gasteiger partial charge on any atom is -0.441 e. The number of carbonyl (C=O) groups is 1. The molecule has 0 fully saturated rings. The Balaban J connectivity index is 2.49. The van der Waals surface area contributed by atoms with Gasteiger partial charge in [0.05, 0.1) is 11.1 Å². The molecule has 0 unspecified atom stereocenters. The summed E-state index contributed by atoms with van der Waals surface area (Å²) in [6.07, 6.45) is -2.82. The van der Waals surface area contributed by atoms with Crippen molar-refractivity contribution in [1.29, 1.82) is 0 Å². The van der Waals surface area contributed by atoms with Crippen molar-refractivity contribution in [3.8, 4) is 0 Å². The van der Waals surface area contributed by atoms with E-state index in [0.29, 0.717) is 0 Å². The number of pyridine rings is 1. The summed E-state index contributed by atoms with van der Waals surface area (Å²) >= 11 is 5.46. The van der Waals surface area contributed by atoms with Gasteiger partial charge in [-0.25, -0.2) is 0 Å². The monoisotopic (exact) mass is 275 g/mol. The standard InChI is InChI=1S/C11H5ClF3NO2/c12-9-2-1-8(18-9)10(17)6-5-16-4-3-7(6)11(13,14)15/h1-5H. The maximum absolute atomic E-state index is 12.7. The van der Waals surface area contributed by atoms with E-state index in [4.69, 9.17) is 16.0 Å². The number of halogens is 4. The van der Waals surface area contributed by atoms with Crippen LogP contribution in [0, 0.1) is 0 Å². The van der Waals surface area contributed by atoms with E-state index >= 15 is 0 Å². The Hall–Kier alpha value is -1.82. The topological polar surface area (TPSA) is 43.1 Å². The highest BCUT2D eigenvalue weighted by Crippen LogP contribution is 2.32. The third kappa shape index (κ3) is 2.38. The van der Waals surface area contributed by atoms with Gasteiger partial charge in [0.2, 0.25) is 5.78 Å². The predicted molar refractivity (Wildman–Crippen MR) is 56.4 cm³/mol. The maximum Gasteiger partial charge on any atom is 0.417 e. The van der Waals surface area contributed by atoms with Crippen molar-refractivity contribution in [3.63, 3.8) is 0 Å². The molecule has 94 valence electrons. The molecule has 0 amide bonds. The summed E-state index contributed by atoms with van der Waals surface area (Å²) in [7, 11) is 0. The number of hydrogen-bond donors (Lipinski definition) is 0. The first-order valence-corrected chi connectivity index (χ1v) is 5.08. The van der Waals surface area contributed by atoms with E-state index in [9.17, 15) is 18.0 Å². The molecular weight excluding hydrogens is 271 g/mol. The lowest BCUT2D eigenvalue weighted by Gasteiger charge is -2.09. The quantitative estimate of drug-likeness (QED) is 0.787. The van der Waals surface area contributed by atoms with Crippen LogP contribution in [0.15, 0.2) is 35.0 Å². The molecule has 0 saturated carbocycles. The first-order valence-electron chi connectivity index (χ1n) is 4.71. The van der Waals surface area contributed by atoms with E-state index in [1.807, 2.05) is 0 Å². The molecular formula is C11H5ClF3NO2. The lowest BCUT2D eigenvalue weighted by molar-refractivity contribution is -0.137. The van der Waals surface area contributed by atoms with E-state index in [1.165, 1.54) is 12.1 Å². The van der Waals surface area contributed by atoms with Gasteiger partial charge in [-0.2, -0.15) is 13.2 Å². The van der Waals surface area contributed by atoms with Gasteiger partial charge in [-0.1, -0.05) is 0 Å². The van der Waals surface area contributed by atoms with Gasteiger partial charge in [-0.05, 0) is 29.8 Å². The van der Waals surface area contributed by atoms with Crippen LogP contribution in [0.4, 0.5) is 13.2 Å². The molecule has 2 rings (SSSR count). The summed E-state index contributed by atoms with van der Waals surface area (Å²) in [5.41, 5.74) is -1.63. The molecule has 0 saturated heterocycles. The number of furan rings is 1. The molecule has 0 spiro atoms. The summed E-state index contributed by atoms with van der Waals surface area (Å²) in [4.78, 5) is 15.4. The largest absolute Gasteiger partial charge is 0.441 e. The first-order chi connectivity index (χ1) is 8.39. The fourth-order valence-corrected chi connectivity index (χ4v) is 1.54. The van der Waals surface area contributed by atoms with Crippen molar-refractivity contribution in [2.75, 3.05) is 0 Å². The second kappa shape index (κ2) is 4.45. The van der Waals surface area contributed by atoms with Crippen LogP contribution in [-0.2, 0) is 6.18 Å². The molecule has 0 N–H and O–H groups in total. The molecule has 2 heterocycles. The van der Waals surface area contributed by atoms with Gasteiger partial charge >= 0.3 is 6.18 Å². The summed E-state index contributed by atoms with van der Waals surface area (Å²) in [6, 6.07) is 3.22. The van der Waals surface area contributed by atoms with Gasteiger partial charge in [-0.15, -0.1) is 0 Å². The van der Waals surface area contributed by atoms with Crippen LogP contribution in [0.3, 0.4) is 0 Å². The number of rotatable bonds is 2. The van der Waals surface area contributed by atoms with Crippen LogP contribution in [0.5, 0.6) is 0 Å². The van der Waals surface area contributed by atoms with Crippen LogP contribution in [0.1, 0.15) is 21.7 Å². The van der Waals surface area contributed by atoms with Crippen LogP contribution in [-0.4, -0.2) is 10.8 Å². The molecule has 7 heteroatoms. The van der Waals surface area contributed by atoms with Gasteiger partial charge in [0.15, 0.2) is 11.0 Å². The Labute approximate surface area is 104 Å². The van der Waals surface area contributed by atoms with Gasteiger partial charge < -0.3 is 4.42 Å². The second-order valence-corrected chi connectivity index (χ2v) is 3.72. The summed E-state index contributed by atoms with van der Waals surface area (Å²) in [5.74, 6) is -1.18. The number of hydrogen-bond acceptors (Lipinski definition) is 3. The van der Waals surface area contributed by atoms with Crippen LogP contribution in [0.25, 0.3) is 0 Å². The highest BCUT2D eigenvalue weighted by Gasteiger charge is 2.35. The van der Waals surface area contributed by atoms with Crippen molar-refractivity contribution >= 4 is 17.4 Å². The van der Waals surface area contributed by atoms with E-state index in [0.717, 1.165) is 18.5 Å². The minimum absolute atomic E-state index is 0.0733. The third-order valence-corrected chi connectivity index (χ3v) is 2.37. The van der Waals surface area contributed by atoms with Crippen molar-refractivity contribution in [1.82, 2.24) is 4.98 Å². The number of ketones is 1. The molecule has 0 aliphatic heterocycles. The average Bonchev–Trinajstić information content (AvgIpc) is 2.74. The summed E-state index contributed by atoms with van der Waals surface area (Å²) < 4.78 is 42.9. The third-order valence-electron chi connectivity index (χ3n) is 2.17. The van der Waals surface area contributed by atoms with E-state index in [1.54, 1.807) is 0 Å². The fraction of sp³-hybridized carbons (Fsp3) is 0.0909. The van der Waals surface area contributed by atoms with Gasteiger partial charge in [0.1, 0.15) is 0 Å². The zero-order valence-corrected chi connectivity index (χ0v) is 9.42.